The maximum atomic E-state index is 9.86. The highest BCUT2D eigenvalue weighted by Crippen LogP contribution is 2.24. The SMILES string of the molecule is CCCCCC(O)c1ncc(OC)nc1Cl. The molecule has 90 valence electrons. The molecule has 1 unspecified atom stereocenters. The summed E-state index contributed by atoms with van der Waals surface area (Å²) in [6.45, 7) is 2.12. The van der Waals surface area contributed by atoms with Crippen molar-refractivity contribution in [2.24, 2.45) is 0 Å². The lowest BCUT2D eigenvalue weighted by Gasteiger charge is -2.11. The van der Waals surface area contributed by atoms with E-state index >= 15 is 0 Å². The molecule has 0 saturated heterocycles. The van der Waals surface area contributed by atoms with Gasteiger partial charge in [-0.25, -0.2) is 4.98 Å². The lowest BCUT2D eigenvalue weighted by molar-refractivity contribution is 0.158. The van der Waals surface area contributed by atoms with Crippen LogP contribution < -0.4 is 4.74 Å². The Bertz CT molecular complexity index is 334. The minimum atomic E-state index is -0.641. The average molecular weight is 245 g/mol. The summed E-state index contributed by atoms with van der Waals surface area (Å²) in [5, 5.41) is 10.1. The monoisotopic (exact) mass is 244 g/mol. The molecule has 5 heteroatoms. The van der Waals surface area contributed by atoms with Crippen LogP contribution in [0.2, 0.25) is 5.15 Å². The van der Waals surface area contributed by atoms with Crippen molar-refractivity contribution >= 4 is 11.6 Å². The van der Waals surface area contributed by atoms with Crippen molar-refractivity contribution in [3.8, 4) is 5.88 Å². The Morgan fingerprint density at radius 3 is 2.81 bits per heavy atom. The molecule has 1 aromatic rings. The number of hydrogen-bond acceptors (Lipinski definition) is 4. The summed E-state index contributed by atoms with van der Waals surface area (Å²) in [6, 6.07) is 0. The van der Waals surface area contributed by atoms with E-state index in [4.69, 9.17) is 16.3 Å². The Balaban J connectivity index is 2.64. The molecule has 4 nitrogen and oxygen atoms in total. The molecule has 0 bridgehead atoms. The fourth-order valence-electron chi connectivity index (χ4n) is 1.41. The van der Waals surface area contributed by atoms with Crippen LogP contribution in [-0.4, -0.2) is 22.2 Å². The van der Waals surface area contributed by atoms with E-state index in [1.807, 2.05) is 0 Å². The summed E-state index contributed by atoms with van der Waals surface area (Å²) < 4.78 is 4.89. The Morgan fingerprint density at radius 1 is 1.50 bits per heavy atom. The van der Waals surface area contributed by atoms with Gasteiger partial charge in [-0.2, -0.15) is 4.98 Å². The molecule has 0 radical (unpaired) electrons. The van der Waals surface area contributed by atoms with Gasteiger partial charge in [-0.15, -0.1) is 0 Å². The van der Waals surface area contributed by atoms with E-state index in [1.54, 1.807) is 0 Å². The van der Waals surface area contributed by atoms with Crippen molar-refractivity contribution in [1.82, 2.24) is 9.97 Å². The van der Waals surface area contributed by atoms with E-state index in [0.717, 1.165) is 19.3 Å². The summed E-state index contributed by atoms with van der Waals surface area (Å²) >= 11 is 5.90. The van der Waals surface area contributed by atoms with Gasteiger partial charge < -0.3 is 9.84 Å². The topological polar surface area (TPSA) is 55.2 Å². The summed E-state index contributed by atoms with van der Waals surface area (Å²) in [5.74, 6) is 0.356. The van der Waals surface area contributed by atoms with Crippen molar-refractivity contribution in [3.05, 3.63) is 17.0 Å². The largest absolute Gasteiger partial charge is 0.480 e. The Hall–Kier alpha value is -0.870. The van der Waals surface area contributed by atoms with Crippen molar-refractivity contribution < 1.29 is 9.84 Å². The number of rotatable bonds is 6. The molecule has 1 rings (SSSR count). The van der Waals surface area contributed by atoms with Crippen molar-refractivity contribution in [2.75, 3.05) is 7.11 Å². The van der Waals surface area contributed by atoms with Gasteiger partial charge in [-0.3, -0.25) is 0 Å². The fourth-order valence-corrected chi connectivity index (χ4v) is 1.67. The third-order valence-corrected chi connectivity index (χ3v) is 2.62. The van der Waals surface area contributed by atoms with Gasteiger partial charge in [0.05, 0.1) is 19.4 Å². The molecule has 0 fully saturated rings. The summed E-state index contributed by atoms with van der Waals surface area (Å²) in [6.07, 6.45) is 4.66. The average Bonchev–Trinajstić information content (AvgIpc) is 2.29. The normalized spacial score (nSPS) is 12.5. The van der Waals surface area contributed by atoms with Crippen LogP contribution in [0.15, 0.2) is 6.20 Å². The van der Waals surface area contributed by atoms with Crippen LogP contribution >= 0.6 is 11.6 Å². The summed E-state index contributed by atoms with van der Waals surface area (Å²) in [5.41, 5.74) is 0.429. The van der Waals surface area contributed by atoms with Gasteiger partial charge in [0, 0.05) is 0 Å². The van der Waals surface area contributed by atoms with Gasteiger partial charge in [0.1, 0.15) is 5.69 Å². The molecular formula is C11H17ClN2O2. The number of unbranched alkanes of at least 4 members (excludes halogenated alkanes) is 2. The van der Waals surface area contributed by atoms with Crippen LogP contribution in [0.5, 0.6) is 5.88 Å². The van der Waals surface area contributed by atoms with Crippen molar-refractivity contribution in [2.45, 2.75) is 38.7 Å². The zero-order chi connectivity index (χ0) is 12.0. The first kappa shape index (κ1) is 13.2. The number of hydrogen-bond donors (Lipinski definition) is 1. The first-order valence-electron chi connectivity index (χ1n) is 5.43. The highest BCUT2D eigenvalue weighted by Gasteiger charge is 2.14. The van der Waals surface area contributed by atoms with Crippen molar-refractivity contribution in [1.29, 1.82) is 0 Å². The van der Waals surface area contributed by atoms with E-state index in [-0.39, 0.29) is 5.15 Å². The number of aliphatic hydroxyl groups is 1. The number of halogens is 1. The second-order valence-corrected chi connectivity index (χ2v) is 3.96. The summed E-state index contributed by atoms with van der Waals surface area (Å²) in [4.78, 5) is 8.02. The molecule has 0 aliphatic rings. The molecule has 1 atom stereocenters. The van der Waals surface area contributed by atoms with Crippen LogP contribution in [-0.2, 0) is 0 Å². The lowest BCUT2D eigenvalue weighted by atomic mass is 10.1. The molecule has 0 aromatic carbocycles. The second-order valence-electron chi connectivity index (χ2n) is 3.60. The molecule has 0 spiro atoms. The number of nitrogens with zero attached hydrogens (tertiary/aromatic N) is 2. The zero-order valence-electron chi connectivity index (χ0n) is 9.61. The second kappa shape index (κ2) is 6.66. The molecule has 1 N–H and O–H groups in total. The highest BCUT2D eigenvalue weighted by molar-refractivity contribution is 6.30. The van der Waals surface area contributed by atoms with E-state index in [9.17, 15) is 5.11 Å². The van der Waals surface area contributed by atoms with Crippen LogP contribution in [0, 0.1) is 0 Å². The van der Waals surface area contributed by atoms with Crippen LogP contribution in [0.3, 0.4) is 0 Å². The van der Waals surface area contributed by atoms with Gasteiger partial charge in [0.2, 0.25) is 5.88 Å². The number of aliphatic hydroxyl groups excluding tert-OH is 1. The van der Waals surface area contributed by atoms with Gasteiger partial charge >= 0.3 is 0 Å². The third-order valence-electron chi connectivity index (χ3n) is 2.34. The molecule has 0 saturated carbocycles. The standard InChI is InChI=1S/C11H17ClN2O2/c1-3-4-5-6-8(15)10-11(12)14-9(16-2)7-13-10/h7-8,15H,3-6H2,1-2H3. The number of aromatic nitrogens is 2. The maximum absolute atomic E-state index is 9.86. The fraction of sp³-hybridized carbons (Fsp3) is 0.636. The van der Waals surface area contributed by atoms with Crippen LogP contribution in [0.25, 0.3) is 0 Å². The third kappa shape index (κ3) is 3.61. The van der Waals surface area contributed by atoms with Gasteiger partial charge in [-0.05, 0) is 6.42 Å². The first-order chi connectivity index (χ1) is 7.69. The molecule has 0 aliphatic carbocycles. The minimum absolute atomic E-state index is 0.211. The van der Waals surface area contributed by atoms with Crippen LogP contribution in [0.1, 0.15) is 44.4 Å². The highest BCUT2D eigenvalue weighted by atomic mass is 35.5. The minimum Gasteiger partial charge on any atom is -0.480 e. The number of methoxy groups -OCH3 is 1. The van der Waals surface area contributed by atoms with E-state index in [0.29, 0.717) is 18.0 Å². The Labute approximate surface area is 101 Å². The lowest BCUT2D eigenvalue weighted by Crippen LogP contribution is -2.03. The molecule has 1 aromatic heterocycles. The van der Waals surface area contributed by atoms with E-state index in [1.165, 1.54) is 13.3 Å². The van der Waals surface area contributed by atoms with Gasteiger partial charge in [0.15, 0.2) is 5.15 Å². The quantitative estimate of drug-likeness (QED) is 0.782. The maximum Gasteiger partial charge on any atom is 0.233 e. The summed E-state index contributed by atoms with van der Waals surface area (Å²) in [7, 11) is 1.50. The predicted octanol–water partition coefficient (Wildman–Crippen LogP) is 2.75. The molecular weight excluding hydrogens is 228 g/mol. The predicted molar refractivity (Wildman–Crippen MR) is 62.7 cm³/mol. The number of ether oxygens (including phenoxy) is 1. The van der Waals surface area contributed by atoms with E-state index < -0.39 is 6.10 Å². The van der Waals surface area contributed by atoms with Gasteiger partial charge in [-0.1, -0.05) is 37.8 Å². The Morgan fingerprint density at radius 2 is 2.25 bits per heavy atom. The molecule has 0 amide bonds. The van der Waals surface area contributed by atoms with Crippen molar-refractivity contribution in [3.63, 3.8) is 0 Å². The van der Waals surface area contributed by atoms with E-state index in [2.05, 4.69) is 16.9 Å². The molecule has 1 heterocycles. The first-order valence-corrected chi connectivity index (χ1v) is 5.81. The zero-order valence-corrected chi connectivity index (χ0v) is 10.4. The van der Waals surface area contributed by atoms with Crippen LogP contribution in [0.4, 0.5) is 0 Å². The Kier molecular flexibility index (Phi) is 5.49. The van der Waals surface area contributed by atoms with Gasteiger partial charge in [0.25, 0.3) is 0 Å². The smallest absolute Gasteiger partial charge is 0.233 e. The molecule has 16 heavy (non-hydrogen) atoms. The molecule has 0 aliphatic heterocycles.